The van der Waals surface area contributed by atoms with E-state index in [-0.39, 0.29) is 35.3 Å². The van der Waals surface area contributed by atoms with Crippen LogP contribution >= 0.6 is 11.6 Å². The highest BCUT2D eigenvalue weighted by Gasteiger charge is 2.33. The minimum absolute atomic E-state index is 0.114. The molecule has 1 fully saturated rings. The maximum Gasteiger partial charge on any atom is 0.417 e. The number of amides is 3. The standard InChI is InChI=1S/C24H25ClF3N3O6/c1-30(13-21(32)29-16-4-5-18(25)17(12-16)24(26,27)28)23(34)15-3-6-19(20(11-15)35-2)37-14-22(33)31-7-9-36-10-8-31/h3-6,11-12H,7-10,13-14H2,1-2H3,(H,29,32). The first-order valence-electron chi connectivity index (χ1n) is 11.1. The molecule has 1 aliphatic rings. The van der Waals surface area contributed by atoms with E-state index in [1.165, 1.54) is 38.4 Å². The van der Waals surface area contributed by atoms with Gasteiger partial charge in [0, 0.05) is 31.4 Å². The summed E-state index contributed by atoms with van der Waals surface area (Å²) in [7, 11) is 2.74. The van der Waals surface area contributed by atoms with Gasteiger partial charge in [0.1, 0.15) is 0 Å². The molecular weight excluding hydrogens is 519 g/mol. The van der Waals surface area contributed by atoms with Gasteiger partial charge >= 0.3 is 6.18 Å². The van der Waals surface area contributed by atoms with E-state index in [4.69, 9.17) is 25.8 Å². The molecule has 1 N–H and O–H groups in total. The van der Waals surface area contributed by atoms with E-state index in [9.17, 15) is 27.6 Å². The van der Waals surface area contributed by atoms with Crippen LogP contribution in [0.3, 0.4) is 0 Å². The van der Waals surface area contributed by atoms with Gasteiger partial charge in [-0.05, 0) is 36.4 Å². The Bertz CT molecular complexity index is 1160. The minimum Gasteiger partial charge on any atom is -0.493 e. The van der Waals surface area contributed by atoms with Crippen LogP contribution in [0.1, 0.15) is 15.9 Å². The zero-order chi connectivity index (χ0) is 27.2. The Hall–Kier alpha value is -3.51. The lowest BCUT2D eigenvalue weighted by Crippen LogP contribution is -2.43. The van der Waals surface area contributed by atoms with E-state index in [0.717, 1.165) is 17.0 Å². The van der Waals surface area contributed by atoms with Crippen LogP contribution < -0.4 is 14.8 Å². The first kappa shape index (κ1) is 28.1. The van der Waals surface area contributed by atoms with E-state index in [1.807, 2.05) is 0 Å². The van der Waals surface area contributed by atoms with Crippen molar-refractivity contribution >= 4 is 35.0 Å². The lowest BCUT2D eigenvalue weighted by atomic mass is 10.1. The number of methoxy groups -OCH3 is 1. The van der Waals surface area contributed by atoms with Crippen LogP contribution in [-0.4, -0.2) is 81.1 Å². The fourth-order valence-corrected chi connectivity index (χ4v) is 3.72. The average molecular weight is 544 g/mol. The van der Waals surface area contributed by atoms with Crippen molar-refractivity contribution in [2.45, 2.75) is 6.18 Å². The van der Waals surface area contributed by atoms with Crippen LogP contribution in [0.15, 0.2) is 36.4 Å². The maximum absolute atomic E-state index is 13.0. The zero-order valence-electron chi connectivity index (χ0n) is 20.1. The predicted octanol–water partition coefficient (Wildman–Crippen LogP) is 3.32. The molecule has 200 valence electrons. The summed E-state index contributed by atoms with van der Waals surface area (Å²) in [6.45, 7) is 1.24. The second-order valence-electron chi connectivity index (χ2n) is 8.05. The number of ether oxygens (including phenoxy) is 3. The number of morpholine rings is 1. The predicted molar refractivity (Wildman–Crippen MR) is 128 cm³/mol. The van der Waals surface area contributed by atoms with Gasteiger partial charge in [0.2, 0.25) is 5.91 Å². The molecule has 0 aliphatic carbocycles. The number of halogens is 4. The Morgan fingerprint density at radius 3 is 2.46 bits per heavy atom. The van der Waals surface area contributed by atoms with Crippen molar-refractivity contribution in [2.75, 3.05) is 58.9 Å². The molecule has 0 radical (unpaired) electrons. The van der Waals surface area contributed by atoms with Crippen molar-refractivity contribution in [3.63, 3.8) is 0 Å². The molecule has 0 spiro atoms. The van der Waals surface area contributed by atoms with Crippen LogP contribution in [0.4, 0.5) is 18.9 Å². The van der Waals surface area contributed by atoms with E-state index in [0.29, 0.717) is 26.3 Å². The van der Waals surface area contributed by atoms with Crippen molar-refractivity contribution < 1.29 is 41.8 Å². The SMILES string of the molecule is COc1cc(C(=O)N(C)CC(=O)Nc2ccc(Cl)c(C(F)(F)F)c2)ccc1OCC(=O)N1CCOCC1. The molecule has 3 amide bonds. The summed E-state index contributed by atoms with van der Waals surface area (Å²) in [6, 6.07) is 7.29. The molecule has 0 aromatic heterocycles. The lowest BCUT2D eigenvalue weighted by Gasteiger charge is -2.26. The maximum atomic E-state index is 13.0. The van der Waals surface area contributed by atoms with Crippen molar-refractivity contribution in [1.29, 1.82) is 0 Å². The van der Waals surface area contributed by atoms with Crippen LogP contribution in [-0.2, 0) is 20.5 Å². The summed E-state index contributed by atoms with van der Waals surface area (Å²) in [5.74, 6) is -1.00. The highest BCUT2D eigenvalue weighted by molar-refractivity contribution is 6.31. The molecule has 3 rings (SSSR count). The Kier molecular flexibility index (Phi) is 9.22. The molecule has 2 aromatic carbocycles. The van der Waals surface area contributed by atoms with Crippen LogP contribution in [0.5, 0.6) is 11.5 Å². The number of nitrogens with zero attached hydrogens (tertiary/aromatic N) is 2. The first-order valence-corrected chi connectivity index (χ1v) is 11.5. The van der Waals surface area contributed by atoms with Crippen molar-refractivity contribution in [1.82, 2.24) is 9.80 Å². The molecule has 0 unspecified atom stereocenters. The molecule has 13 heteroatoms. The Labute approximate surface area is 216 Å². The van der Waals surface area contributed by atoms with Crippen LogP contribution in [0.25, 0.3) is 0 Å². The Morgan fingerprint density at radius 1 is 1.11 bits per heavy atom. The number of nitrogens with one attached hydrogen (secondary N) is 1. The van der Waals surface area contributed by atoms with Crippen LogP contribution in [0.2, 0.25) is 5.02 Å². The van der Waals surface area contributed by atoms with Gasteiger partial charge in [0.05, 0.1) is 37.5 Å². The third-order valence-corrected chi connectivity index (χ3v) is 5.74. The summed E-state index contributed by atoms with van der Waals surface area (Å²) < 4.78 is 55.2. The Balaban J connectivity index is 1.60. The topological polar surface area (TPSA) is 97.4 Å². The normalized spacial score (nSPS) is 13.6. The third kappa shape index (κ3) is 7.49. The Morgan fingerprint density at radius 2 is 1.81 bits per heavy atom. The molecule has 37 heavy (non-hydrogen) atoms. The van der Waals surface area contributed by atoms with Gasteiger partial charge in [0.15, 0.2) is 18.1 Å². The summed E-state index contributed by atoms with van der Waals surface area (Å²) in [5.41, 5.74) is -1.03. The molecule has 1 saturated heterocycles. The van der Waals surface area contributed by atoms with Crippen LogP contribution in [0, 0.1) is 0 Å². The van der Waals surface area contributed by atoms with Gasteiger partial charge < -0.3 is 29.3 Å². The molecule has 0 saturated carbocycles. The van der Waals surface area contributed by atoms with E-state index in [1.54, 1.807) is 4.90 Å². The average Bonchev–Trinajstić information content (AvgIpc) is 2.87. The van der Waals surface area contributed by atoms with E-state index >= 15 is 0 Å². The monoisotopic (exact) mass is 543 g/mol. The van der Waals surface area contributed by atoms with Gasteiger partial charge in [-0.1, -0.05) is 11.6 Å². The quantitative estimate of drug-likeness (QED) is 0.549. The largest absolute Gasteiger partial charge is 0.493 e. The van der Waals surface area contributed by atoms with Gasteiger partial charge in [-0.25, -0.2) is 0 Å². The van der Waals surface area contributed by atoms with Crippen molar-refractivity contribution in [3.05, 3.63) is 52.5 Å². The van der Waals surface area contributed by atoms with Gasteiger partial charge in [-0.2, -0.15) is 13.2 Å². The number of likely N-dealkylation sites (N-methyl/N-ethyl adjacent to an activating group) is 1. The molecule has 0 bridgehead atoms. The number of carbonyl (C=O) groups excluding carboxylic acids is 3. The molecule has 1 heterocycles. The van der Waals surface area contributed by atoms with Crippen molar-refractivity contribution in [2.24, 2.45) is 0 Å². The highest BCUT2D eigenvalue weighted by atomic mass is 35.5. The summed E-state index contributed by atoms with van der Waals surface area (Å²) in [4.78, 5) is 40.2. The van der Waals surface area contributed by atoms with E-state index < -0.39 is 35.1 Å². The fourth-order valence-electron chi connectivity index (χ4n) is 3.49. The lowest BCUT2D eigenvalue weighted by molar-refractivity contribution is -0.138. The molecular formula is C24H25ClF3N3O6. The number of rotatable bonds is 8. The first-order chi connectivity index (χ1) is 17.5. The number of hydrogen-bond acceptors (Lipinski definition) is 6. The summed E-state index contributed by atoms with van der Waals surface area (Å²) >= 11 is 5.59. The second-order valence-corrected chi connectivity index (χ2v) is 8.46. The highest BCUT2D eigenvalue weighted by Crippen LogP contribution is 2.36. The van der Waals surface area contributed by atoms with Gasteiger partial charge in [0.25, 0.3) is 11.8 Å². The molecule has 1 aliphatic heterocycles. The molecule has 0 atom stereocenters. The fraction of sp³-hybridized carbons (Fsp3) is 0.375. The molecule has 9 nitrogen and oxygen atoms in total. The smallest absolute Gasteiger partial charge is 0.417 e. The van der Waals surface area contributed by atoms with Gasteiger partial charge in [-0.15, -0.1) is 0 Å². The number of hydrogen-bond donors (Lipinski definition) is 1. The number of carbonyl (C=O) groups is 3. The molecule has 2 aromatic rings. The van der Waals surface area contributed by atoms with E-state index in [2.05, 4.69) is 5.32 Å². The number of benzene rings is 2. The number of alkyl halides is 3. The number of anilines is 1. The zero-order valence-corrected chi connectivity index (χ0v) is 20.8. The summed E-state index contributed by atoms with van der Waals surface area (Å²) in [5, 5.41) is 1.83. The minimum atomic E-state index is -4.69. The third-order valence-electron chi connectivity index (χ3n) is 5.41. The van der Waals surface area contributed by atoms with Gasteiger partial charge in [-0.3, -0.25) is 14.4 Å². The second kappa shape index (κ2) is 12.2. The summed E-state index contributed by atoms with van der Waals surface area (Å²) in [6.07, 6.45) is -4.69. The van der Waals surface area contributed by atoms with Crippen molar-refractivity contribution in [3.8, 4) is 11.5 Å².